The van der Waals surface area contributed by atoms with Crippen molar-refractivity contribution >= 4 is 11.4 Å². The fourth-order valence-corrected chi connectivity index (χ4v) is 9.75. The van der Waals surface area contributed by atoms with E-state index in [1.165, 1.54) is 33.6 Å². The van der Waals surface area contributed by atoms with E-state index in [-0.39, 0.29) is 55.0 Å². The Morgan fingerprint density at radius 2 is 1.07 bits per heavy atom. The molecular formula is C64H60N3OPt-. The van der Waals surface area contributed by atoms with Gasteiger partial charge in [0, 0.05) is 61.4 Å². The Labute approximate surface area is 423 Å². The molecule has 69 heavy (non-hydrogen) atoms. The first-order chi connectivity index (χ1) is 32.5. The molecule has 5 heteroatoms. The Hall–Kier alpha value is -6.61. The van der Waals surface area contributed by atoms with E-state index in [9.17, 15) is 5.11 Å². The predicted molar refractivity (Wildman–Crippen MR) is 285 cm³/mol. The Kier molecular flexibility index (Phi) is 12.6. The van der Waals surface area contributed by atoms with Crippen molar-refractivity contribution in [3.05, 3.63) is 210 Å². The van der Waals surface area contributed by atoms with Crippen LogP contribution in [0.3, 0.4) is 0 Å². The number of allylic oxidation sites excluding steroid dienone is 2. The molecule has 1 N–H and O–H groups in total. The fourth-order valence-electron chi connectivity index (χ4n) is 9.75. The van der Waals surface area contributed by atoms with Gasteiger partial charge in [-0.25, -0.2) is 0 Å². The zero-order valence-corrected chi connectivity index (χ0v) is 43.4. The third kappa shape index (κ3) is 9.45. The predicted octanol–water partition coefficient (Wildman–Crippen LogP) is 16.6. The number of phenolic OH excluding ortho intramolecular Hbond substituents is 1. The first kappa shape index (κ1) is 47.5. The van der Waals surface area contributed by atoms with Crippen molar-refractivity contribution in [2.75, 3.05) is 4.90 Å². The summed E-state index contributed by atoms with van der Waals surface area (Å²) in [7, 11) is 0. The van der Waals surface area contributed by atoms with E-state index in [4.69, 9.17) is 9.97 Å². The Balaban J connectivity index is 0.00000593. The Morgan fingerprint density at radius 1 is 0.493 bits per heavy atom. The quantitative estimate of drug-likeness (QED) is 0.162. The maximum atomic E-state index is 11.3. The minimum Gasteiger partial charge on any atom is -0.507 e. The number of aromatic hydroxyl groups is 1. The monoisotopic (exact) mass is 1080 g/mol. The van der Waals surface area contributed by atoms with Gasteiger partial charge in [0.05, 0.1) is 17.4 Å². The number of fused-ring (bicyclic) bond motifs is 3. The van der Waals surface area contributed by atoms with Gasteiger partial charge in [-0.05, 0) is 97.2 Å². The molecule has 0 fully saturated rings. The normalized spacial score (nSPS) is 15.4. The summed E-state index contributed by atoms with van der Waals surface area (Å²) in [6.07, 6.45) is 10.9. The number of phenols is 1. The summed E-state index contributed by atoms with van der Waals surface area (Å²) in [6, 6.07) is 58.0. The van der Waals surface area contributed by atoms with Crippen LogP contribution in [0.5, 0.6) is 5.75 Å². The van der Waals surface area contributed by atoms with Gasteiger partial charge in [0.1, 0.15) is 5.75 Å². The molecule has 2 aromatic heterocycles. The van der Waals surface area contributed by atoms with Crippen LogP contribution in [-0.4, -0.2) is 21.1 Å². The molecule has 4 nitrogen and oxygen atoms in total. The summed E-state index contributed by atoms with van der Waals surface area (Å²) in [6.45, 7) is 20.4. The van der Waals surface area contributed by atoms with E-state index >= 15 is 0 Å². The molecule has 1 aliphatic carbocycles. The first-order valence-corrected chi connectivity index (χ1v) is 23.9. The summed E-state index contributed by atoms with van der Waals surface area (Å²) in [5.41, 5.74) is 18.5. The number of hydrogen-bond donors (Lipinski definition) is 1. The molecule has 0 saturated heterocycles. The second-order valence-electron chi connectivity index (χ2n) is 21.6. The SMILES string of the molecule is CC(C)(C)c1cccc(-c2cc(-c3cc(-c4cccc5c4N(c4ccccc4)C4C=CC=CC54)ccn3)[c-]c(-c3cc(-c4cc(C(C)(C)C)cc(C(C)(C)C)c4)cc(-c4ccccc4O)n3)c2)c1.[Pt]. The smallest absolute Gasteiger partial charge is 0.124 e. The van der Waals surface area contributed by atoms with Crippen LogP contribution in [0.15, 0.2) is 182 Å². The topological polar surface area (TPSA) is 49.2 Å². The molecule has 8 aromatic rings. The second kappa shape index (κ2) is 18.4. The van der Waals surface area contributed by atoms with Crippen LogP contribution in [-0.2, 0) is 37.3 Å². The van der Waals surface area contributed by atoms with Crippen molar-refractivity contribution in [2.45, 2.75) is 90.5 Å². The van der Waals surface area contributed by atoms with E-state index in [0.29, 0.717) is 11.3 Å². The van der Waals surface area contributed by atoms with E-state index in [2.05, 4.69) is 225 Å². The third-order valence-electron chi connectivity index (χ3n) is 13.7. The largest absolute Gasteiger partial charge is 0.507 e. The summed E-state index contributed by atoms with van der Waals surface area (Å²) < 4.78 is 0. The molecule has 0 spiro atoms. The molecule has 348 valence electrons. The fraction of sp³-hybridized carbons (Fsp3) is 0.219. The van der Waals surface area contributed by atoms with Crippen LogP contribution in [0.2, 0.25) is 0 Å². The van der Waals surface area contributed by atoms with Gasteiger partial charge in [0.2, 0.25) is 0 Å². The third-order valence-corrected chi connectivity index (χ3v) is 13.7. The van der Waals surface area contributed by atoms with Gasteiger partial charge in [-0.1, -0.05) is 206 Å². The van der Waals surface area contributed by atoms with Gasteiger partial charge < -0.3 is 10.0 Å². The number of benzene rings is 6. The first-order valence-electron chi connectivity index (χ1n) is 23.9. The van der Waals surface area contributed by atoms with E-state index < -0.39 is 0 Å². The minimum absolute atomic E-state index is 0. The van der Waals surface area contributed by atoms with Crippen molar-refractivity contribution in [2.24, 2.45) is 0 Å². The molecule has 10 rings (SSSR count). The average Bonchev–Trinajstić information content (AvgIpc) is 3.68. The molecule has 6 aromatic carbocycles. The van der Waals surface area contributed by atoms with Crippen LogP contribution in [0.1, 0.15) is 90.5 Å². The molecule has 0 amide bonds. The molecular weight excluding hydrogens is 1020 g/mol. The molecule has 1 aliphatic heterocycles. The number of rotatable bonds is 7. The van der Waals surface area contributed by atoms with Gasteiger partial charge >= 0.3 is 0 Å². The van der Waals surface area contributed by atoms with Crippen LogP contribution in [0.25, 0.3) is 67.2 Å². The summed E-state index contributed by atoms with van der Waals surface area (Å²) in [5.74, 6) is 0.430. The minimum atomic E-state index is -0.0709. The molecule has 0 saturated carbocycles. The van der Waals surface area contributed by atoms with Crippen LogP contribution >= 0.6 is 0 Å². The number of nitrogens with zero attached hydrogens (tertiary/aromatic N) is 3. The Bertz CT molecular complexity index is 3240. The van der Waals surface area contributed by atoms with Gasteiger partial charge in [-0.3, -0.25) is 9.97 Å². The number of hydrogen-bond acceptors (Lipinski definition) is 4. The van der Waals surface area contributed by atoms with E-state index in [1.807, 2.05) is 24.4 Å². The number of anilines is 2. The second-order valence-corrected chi connectivity index (χ2v) is 21.6. The van der Waals surface area contributed by atoms with Crippen LogP contribution in [0, 0.1) is 6.07 Å². The summed E-state index contributed by atoms with van der Waals surface area (Å²) in [4.78, 5) is 13.0. The van der Waals surface area contributed by atoms with Crippen molar-refractivity contribution in [3.8, 4) is 72.9 Å². The van der Waals surface area contributed by atoms with Gasteiger partial charge in [0.25, 0.3) is 0 Å². The van der Waals surface area contributed by atoms with Crippen molar-refractivity contribution in [3.63, 3.8) is 0 Å². The average molecular weight is 1080 g/mol. The van der Waals surface area contributed by atoms with Gasteiger partial charge in [-0.15, -0.1) is 18.2 Å². The molecule has 2 unspecified atom stereocenters. The maximum Gasteiger partial charge on any atom is 0.124 e. The standard InChI is InChI=1S/C64H60N3O.Pt/c1-62(2,3)48-20-17-19-41(34-48)43-31-46(56-37-42(29-30-65-56)52-25-18-26-54-53-23-13-15-27-59(53)67(61(52)54)51-21-11-10-12-22-51)33-47(32-43)57-38-45(39-58(66-57)55-24-14-16-28-60(55)68)44-35-49(63(4,5)6)40-50(36-44)64(7,8)9;/h10-32,34-40,53,59,68H,1-9H3;/q-1;. The van der Waals surface area contributed by atoms with Crippen LogP contribution in [0.4, 0.5) is 11.4 Å². The number of para-hydroxylation sites is 3. The molecule has 0 radical (unpaired) electrons. The zero-order valence-electron chi connectivity index (χ0n) is 41.1. The van der Waals surface area contributed by atoms with Crippen molar-refractivity contribution < 1.29 is 26.2 Å². The molecule has 2 aliphatic rings. The molecule has 0 bridgehead atoms. The maximum absolute atomic E-state index is 11.3. The van der Waals surface area contributed by atoms with Crippen molar-refractivity contribution in [1.82, 2.24) is 9.97 Å². The van der Waals surface area contributed by atoms with Crippen LogP contribution < -0.4 is 4.90 Å². The van der Waals surface area contributed by atoms with E-state index in [0.717, 1.165) is 55.9 Å². The molecule has 3 heterocycles. The van der Waals surface area contributed by atoms with Gasteiger partial charge in [-0.2, -0.15) is 0 Å². The Morgan fingerprint density at radius 3 is 1.78 bits per heavy atom. The number of pyridine rings is 2. The molecule has 2 atom stereocenters. The number of aromatic nitrogens is 2. The summed E-state index contributed by atoms with van der Waals surface area (Å²) >= 11 is 0. The zero-order chi connectivity index (χ0) is 47.5. The summed E-state index contributed by atoms with van der Waals surface area (Å²) in [5, 5.41) is 11.3. The van der Waals surface area contributed by atoms with E-state index in [1.54, 1.807) is 6.07 Å². The van der Waals surface area contributed by atoms with Crippen molar-refractivity contribution in [1.29, 1.82) is 0 Å². The van der Waals surface area contributed by atoms with Gasteiger partial charge in [0.15, 0.2) is 0 Å².